The molecule has 0 saturated heterocycles. The van der Waals surface area contributed by atoms with E-state index in [1.54, 1.807) is 0 Å². The molecule has 0 aliphatic carbocycles. The maximum atomic E-state index is 14.7. The minimum absolute atomic E-state index is 0.149. The summed E-state index contributed by atoms with van der Waals surface area (Å²) in [6.45, 7) is 0. The summed E-state index contributed by atoms with van der Waals surface area (Å²) in [6, 6.07) is 17.2. The van der Waals surface area contributed by atoms with Crippen LogP contribution in [0.1, 0.15) is 38.9 Å². The van der Waals surface area contributed by atoms with Crippen LogP contribution in [0.3, 0.4) is 0 Å². The number of hydrogen-bond donors (Lipinski definition) is 0. The van der Waals surface area contributed by atoms with Gasteiger partial charge in [-0.15, -0.1) is 0 Å². The third-order valence-electron chi connectivity index (χ3n) is 11.7. The van der Waals surface area contributed by atoms with E-state index >= 15 is 0 Å². The Morgan fingerprint density at radius 2 is 0.743 bits per heavy atom. The van der Waals surface area contributed by atoms with Crippen molar-refractivity contribution in [3.05, 3.63) is 166 Å². The number of benzene rings is 7. The van der Waals surface area contributed by atoms with Crippen molar-refractivity contribution in [1.29, 1.82) is 5.26 Å². The second kappa shape index (κ2) is 15.7. The topological polar surface area (TPSA) is 33.6 Å². The molecule has 21 heteroatoms. The molecule has 0 aliphatic rings. The van der Waals surface area contributed by atoms with Crippen molar-refractivity contribution in [2.24, 2.45) is 0 Å². The summed E-state index contributed by atoms with van der Waals surface area (Å²) in [7, 11) is 0. The van der Waals surface area contributed by atoms with Crippen LogP contribution in [-0.2, 0) is 37.1 Å². The van der Waals surface area contributed by atoms with Gasteiger partial charge in [-0.2, -0.15) is 84.3 Å². The Bertz CT molecular complexity index is 3470. The van der Waals surface area contributed by atoms with Crippen molar-refractivity contribution >= 4 is 43.6 Å². The zero-order valence-electron chi connectivity index (χ0n) is 34.3. The van der Waals surface area contributed by atoms with Crippen LogP contribution in [0.5, 0.6) is 0 Å². The first-order valence-corrected chi connectivity index (χ1v) is 19.9. The molecule has 0 bridgehead atoms. The number of halogens is 18. The van der Waals surface area contributed by atoms with Gasteiger partial charge in [-0.1, -0.05) is 12.1 Å². The molecule has 0 aliphatic heterocycles. The van der Waals surface area contributed by atoms with Crippen LogP contribution in [0.25, 0.3) is 77.2 Å². The summed E-state index contributed by atoms with van der Waals surface area (Å²) >= 11 is 0. The molecule has 0 saturated carbocycles. The summed E-state index contributed by atoms with van der Waals surface area (Å²) in [4.78, 5) is 0. The Labute approximate surface area is 379 Å². The van der Waals surface area contributed by atoms with Crippen LogP contribution < -0.4 is 0 Å². The van der Waals surface area contributed by atoms with Crippen molar-refractivity contribution in [1.82, 2.24) is 9.13 Å². The SMILES string of the molecule is N#Cc1ccc(-n2c3ccc(C(F)(F)F)cc3c3cc(C(F)(F)F)ccc32)cc1-c1cc(-c2c(C(F)(F)F)cccc2C(F)(F)F)ccc1-n1c2ccc(C(F)(F)F)cc2c2cc(C(F)(F)F)ccc21. The van der Waals surface area contributed by atoms with Crippen LogP contribution in [-0.4, -0.2) is 9.13 Å². The molecule has 0 fully saturated rings. The standard InChI is InChI=1S/C49H21F18N3/c50-44(51,52)25-6-12-38-32(17-25)33-18-26(45(53,54)55)7-13-39(33)69(38)29-10-4-24(22-68)30(21-29)31-16-23(43-36(48(62,63)64)2-1-3-37(43)49(65,66)67)5-11-40(31)70-41-14-8-27(46(56,57)58)19-34(41)35-20-28(47(59,60)61)9-15-42(35)70/h1-21H. The van der Waals surface area contributed by atoms with Gasteiger partial charge in [0.25, 0.3) is 0 Å². The minimum Gasteiger partial charge on any atom is -0.309 e. The number of fused-ring (bicyclic) bond motifs is 6. The summed E-state index contributed by atoms with van der Waals surface area (Å²) in [6.07, 6.45) is -31.0. The van der Waals surface area contributed by atoms with Gasteiger partial charge in [0.2, 0.25) is 0 Å². The molecule has 0 unspecified atom stereocenters. The molecule has 9 rings (SSSR count). The molecule has 0 spiro atoms. The lowest BCUT2D eigenvalue weighted by Gasteiger charge is -2.22. The van der Waals surface area contributed by atoms with Crippen molar-refractivity contribution in [3.63, 3.8) is 0 Å². The Morgan fingerprint density at radius 1 is 0.357 bits per heavy atom. The van der Waals surface area contributed by atoms with Gasteiger partial charge in [0.1, 0.15) is 0 Å². The molecule has 70 heavy (non-hydrogen) atoms. The second-order valence-corrected chi connectivity index (χ2v) is 15.9. The largest absolute Gasteiger partial charge is 0.417 e. The lowest BCUT2D eigenvalue weighted by Crippen LogP contribution is -2.14. The third-order valence-corrected chi connectivity index (χ3v) is 11.7. The second-order valence-electron chi connectivity index (χ2n) is 15.9. The smallest absolute Gasteiger partial charge is 0.309 e. The van der Waals surface area contributed by atoms with Gasteiger partial charge in [0, 0.05) is 43.9 Å². The molecule has 2 aromatic heterocycles. The van der Waals surface area contributed by atoms with Gasteiger partial charge in [-0.05, 0) is 121 Å². The van der Waals surface area contributed by atoms with E-state index in [1.165, 1.54) is 10.6 Å². The van der Waals surface area contributed by atoms with Crippen LogP contribution in [0.15, 0.2) is 127 Å². The maximum absolute atomic E-state index is 14.7. The van der Waals surface area contributed by atoms with Crippen LogP contribution in [0.4, 0.5) is 79.0 Å². The summed E-state index contributed by atoms with van der Waals surface area (Å²) < 4.78 is 259. The molecular weight excluding hydrogens is 973 g/mol. The van der Waals surface area contributed by atoms with E-state index in [0.717, 1.165) is 59.2 Å². The highest BCUT2D eigenvalue weighted by molar-refractivity contribution is 6.11. The van der Waals surface area contributed by atoms with Crippen molar-refractivity contribution in [2.45, 2.75) is 37.1 Å². The number of aromatic nitrogens is 2. The molecule has 2 heterocycles. The Hall–Kier alpha value is -7.63. The summed E-state index contributed by atoms with van der Waals surface area (Å²) in [5, 5.41) is 8.95. The normalized spacial score (nSPS) is 13.3. The average molecular weight is 994 g/mol. The van der Waals surface area contributed by atoms with Crippen molar-refractivity contribution in [2.75, 3.05) is 0 Å². The zero-order chi connectivity index (χ0) is 50.8. The lowest BCUT2D eigenvalue weighted by atomic mass is 9.89. The van der Waals surface area contributed by atoms with Crippen LogP contribution in [0, 0.1) is 11.3 Å². The van der Waals surface area contributed by atoms with Gasteiger partial charge in [0.05, 0.1) is 72.8 Å². The van der Waals surface area contributed by atoms with E-state index in [0.29, 0.717) is 66.7 Å². The molecule has 358 valence electrons. The van der Waals surface area contributed by atoms with Crippen molar-refractivity contribution in [3.8, 4) is 39.7 Å². The van der Waals surface area contributed by atoms with Gasteiger partial charge in [0.15, 0.2) is 0 Å². The van der Waals surface area contributed by atoms with Gasteiger partial charge < -0.3 is 9.13 Å². The van der Waals surface area contributed by atoms with E-state index in [9.17, 15) is 84.3 Å². The molecule has 0 N–H and O–H groups in total. The highest BCUT2D eigenvalue weighted by atomic mass is 19.4. The fourth-order valence-corrected chi connectivity index (χ4v) is 8.72. The number of nitrogens with zero attached hydrogens (tertiary/aromatic N) is 3. The lowest BCUT2D eigenvalue weighted by molar-refractivity contribution is -0.142. The van der Waals surface area contributed by atoms with Gasteiger partial charge in [-0.25, -0.2) is 0 Å². The number of alkyl halides is 18. The maximum Gasteiger partial charge on any atom is 0.417 e. The van der Waals surface area contributed by atoms with Crippen LogP contribution >= 0.6 is 0 Å². The number of rotatable bonds is 4. The average Bonchev–Trinajstić information content (AvgIpc) is 3.78. The number of nitriles is 1. The Balaban J connectivity index is 1.42. The van der Waals surface area contributed by atoms with Crippen molar-refractivity contribution < 1.29 is 79.0 Å². The highest BCUT2D eigenvalue weighted by Crippen LogP contribution is 2.49. The molecule has 0 radical (unpaired) electrons. The van der Waals surface area contributed by atoms with E-state index in [1.807, 2.05) is 6.07 Å². The van der Waals surface area contributed by atoms with E-state index < -0.39 is 103 Å². The highest BCUT2D eigenvalue weighted by Gasteiger charge is 2.42. The number of hydrogen-bond acceptors (Lipinski definition) is 1. The van der Waals surface area contributed by atoms with E-state index in [4.69, 9.17) is 0 Å². The Morgan fingerprint density at radius 3 is 1.10 bits per heavy atom. The molecule has 3 nitrogen and oxygen atoms in total. The monoisotopic (exact) mass is 993 g/mol. The van der Waals surface area contributed by atoms with Gasteiger partial charge >= 0.3 is 37.1 Å². The summed E-state index contributed by atoms with van der Waals surface area (Å²) in [5.74, 6) is 0. The van der Waals surface area contributed by atoms with E-state index in [2.05, 4.69) is 0 Å². The first-order chi connectivity index (χ1) is 32.5. The fourth-order valence-electron chi connectivity index (χ4n) is 8.72. The molecule has 9 aromatic rings. The minimum atomic E-state index is -5.44. The van der Waals surface area contributed by atoms with Gasteiger partial charge in [-0.3, -0.25) is 0 Å². The summed E-state index contributed by atoms with van der Waals surface area (Å²) in [5.41, 5.74) is -13.5. The quantitative estimate of drug-likeness (QED) is 0.162. The molecule has 7 aromatic carbocycles. The molecule has 0 atom stereocenters. The van der Waals surface area contributed by atoms with E-state index in [-0.39, 0.29) is 49.8 Å². The predicted molar refractivity (Wildman–Crippen MR) is 221 cm³/mol. The first-order valence-electron chi connectivity index (χ1n) is 19.9. The van der Waals surface area contributed by atoms with Crippen LogP contribution in [0.2, 0.25) is 0 Å². The first kappa shape index (κ1) is 47.4. The third kappa shape index (κ3) is 8.07. The zero-order valence-corrected chi connectivity index (χ0v) is 34.3. The molecule has 0 amide bonds. The molecular formula is C49H21F18N3. The fraction of sp³-hybridized carbons (Fsp3) is 0.122. The predicted octanol–water partition coefficient (Wildman–Crippen LogP) is 17.2. The Kier molecular flexibility index (Phi) is 10.6.